The molecule has 0 atom stereocenters. The van der Waals surface area contributed by atoms with Crippen molar-refractivity contribution in [3.8, 4) is 0 Å². The van der Waals surface area contributed by atoms with Gasteiger partial charge < -0.3 is 4.18 Å². The standard InChI is InChI=1S/C17H26O2S/c1-16(2,3)20(4,5)19-17(10-11-17)12-14-6-8-15(13-18)9-7-14/h6-9,13H,10-12H2,1-5H3. The van der Waals surface area contributed by atoms with Gasteiger partial charge in [-0.05, 0) is 30.9 Å². The van der Waals surface area contributed by atoms with Gasteiger partial charge in [0, 0.05) is 16.7 Å². The van der Waals surface area contributed by atoms with Gasteiger partial charge in [-0.25, -0.2) is 0 Å². The Morgan fingerprint density at radius 3 is 2.15 bits per heavy atom. The summed E-state index contributed by atoms with van der Waals surface area (Å²) in [5.41, 5.74) is 2.03. The van der Waals surface area contributed by atoms with E-state index in [1.165, 1.54) is 5.56 Å². The summed E-state index contributed by atoms with van der Waals surface area (Å²) >= 11 is 0. The van der Waals surface area contributed by atoms with Gasteiger partial charge in [0.1, 0.15) is 6.29 Å². The molecule has 1 aliphatic carbocycles. The van der Waals surface area contributed by atoms with Crippen LogP contribution in [-0.4, -0.2) is 29.1 Å². The van der Waals surface area contributed by atoms with Crippen LogP contribution in [0.5, 0.6) is 0 Å². The van der Waals surface area contributed by atoms with Crippen molar-refractivity contribution in [2.75, 3.05) is 12.5 Å². The van der Waals surface area contributed by atoms with E-state index in [0.29, 0.717) is 0 Å². The lowest BCUT2D eigenvalue weighted by atomic mass is 10.1. The highest BCUT2D eigenvalue weighted by Gasteiger charge is 2.49. The minimum atomic E-state index is -1.08. The molecule has 0 radical (unpaired) electrons. The predicted octanol–water partition coefficient (Wildman–Crippen LogP) is 4.37. The normalized spacial score (nSPS) is 18.6. The van der Waals surface area contributed by atoms with Gasteiger partial charge in [-0.3, -0.25) is 4.79 Å². The molecule has 112 valence electrons. The first-order valence-electron chi connectivity index (χ1n) is 7.15. The van der Waals surface area contributed by atoms with Crippen LogP contribution >= 0.6 is 10.3 Å². The molecule has 1 saturated carbocycles. The van der Waals surface area contributed by atoms with Crippen molar-refractivity contribution in [1.82, 2.24) is 0 Å². The van der Waals surface area contributed by atoms with Crippen molar-refractivity contribution in [3.05, 3.63) is 35.4 Å². The zero-order valence-corrected chi connectivity index (χ0v) is 14.0. The van der Waals surface area contributed by atoms with E-state index >= 15 is 0 Å². The highest BCUT2D eigenvalue weighted by molar-refractivity contribution is 8.29. The molecule has 0 aromatic heterocycles. The first kappa shape index (κ1) is 15.6. The van der Waals surface area contributed by atoms with Crippen molar-refractivity contribution in [2.45, 2.75) is 50.4 Å². The fourth-order valence-corrected chi connectivity index (χ4v) is 3.44. The second kappa shape index (κ2) is 5.19. The quantitative estimate of drug-likeness (QED) is 0.754. The van der Waals surface area contributed by atoms with E-state index in [9.17, 15) is 4.79 Å². The second-order valence-corrected chi connectivity index (χ2v) is 11.0. The van der Waals surface area contributed by atoms with Crippen LogP contribution in [-0.2, 0) is 10.6 Å². The molecule has 0 saturated heterocycles. The van der Waals surface area contributed by atoms with Crippen LogP contribution in [0.4, 0.5) is 0 Å². The Kier molecular flexibility index (Phi) is 4.05. The molecule has 20 heavy (non-hydrogen) atoms. The third kappa shape index (κ3) is 3.44. The van der Waals surface area contributed by atoms with Crippen LogP contribution in [0.2, 0.25) is 0 Å². The number of rotatable bonds is 5. The molecule has 1 fully saturated rings. The topological polar surface area (TPSA) is 26.3 Å². The van der Waals surface area contributed by atoms with Gasteiger partial charge in [0.05, 0.1) is 5.60 Å². The Bertz CT molecular complexity index is 479. The summed E-state index contributed by atoms with van der Waals surface area (Å²) in [6.45, 7) is 6.78. The van der Waals surface area contributed by atoms with Crippen molar-refractivity contribution >= 4 is 16.6 Å². The first-order chi connectivity index (χ1) is 9.17. The number of benzene rings is 1. The molecule has 0 N–H and O–H groups in total. The maximum atomic E-state index is 10.7. The monoisotopic (exact) mass is 294 g/mol. The molecule has 1 aliphatic rings. The van der Waals surface area contributed by atoms with Gasteiger partial charge in [-0.1, -0.05) is 45.0 Å². The SMILES string of the molecule is CC(C)(C)S(C)(C)OC1(Cc2ccc(C=O)cc2)CC1. The van der Waals surface area contributed by atoms with Gasteiger partial charge in [-0.2, -0.15) is 0 Å². The first-order valence-corrected chi connectivity index (χ1v) is 9.53. The molecular weight excluding hydrogens is 268 g/mol. The van der Waals surface area contributed by atoms with Crippen molar-refractivity contribution in [3.63, 3.8) is 0 Å². The van der Waals surface area contributed by atoms with Crippen LogP contribution in [0, 0.1) is 0 Å². The van der Waals surface area contributed by atoms with E-state index in [4.69, 9.17) is 4.18 Å². The zero-order chi connectivity index (χ0) is 15.0. The maximum absolute atomic E-state index is 10.7. The van der Waals surface area contributed by atoms with Gasteiger partial charge >= 0.3 is 0 Å². The molecule has 0 heterocycles. The smallest absolute Gasteiger partial charge is 0.150 e. The molecule has 3 heteroatoms. The number of hydrogen-bond donors (Lipinski definition) is 0. The highest BCUT2D eigenvalue weighted by Crippen LogP contribution is 2.61. The van der Waals surface area contributed by atoms with Crippen LogP contribution in [0.1, 0.15) is 49.5 Å². The van der Waals surface area contributed by atoms with E-state index in [0.717, 1.165) is 31.1 Å². The summed E-state index contributed by atoms with van der Waals surface area (Å²) in [6, 6.07) is 7.87. The van der Waals surface area contributed by atoms with Crippen molar-refractivity contribution in [1.29, 1.82) is 0 Å². The van der Waals surface area contributed by atoms with Crippen molar-refractivity contribution in [2.24, 2.45) is 0 Å². The van der Waals surface area contributed by atoms with Crippen LogP contribution in [0.3, 0.4) is 0 Å². The third-order valence-electron chi connectivity index (χ3n) is 4.31. The maximum Gasteiger partial charge on any atom is 0.150 e. The highest BCUT2D eigenvalue weighted by atomic mass is 32.3. The summed E-state index contributed by atoms with van der Waals surface area (Å²) < 4.78 is 6.77. The van der Waals surface area contributed by atoms with E-state index in [1.807, 2.05) is 24.3 Å². The van der Waals surface area contributed by atoms with E-state index in [2.05, 4.69) is 33.3 Å². The molecule has 2 rings (SSSR count). The number of carbonyl (C=O) groups excluding carboxylic acids is 1. The number of carbonyl (C=O) groups is 1. The fourth-order valence-electron chi connectivity index (χ4n) is 2.08. The van der Waals surface area contributed by atoms with Crippen LogP contribution < -0.4 is 0 Å². The summed E-state index contributed by atoms with van der Waals surface area (Å²) in [6.07, 6.45) is 8.67. The Labute approximate surface area is 124 Å². The van der Waals surface area contributed by atoms with Crippen molar-refractivity contribution < 1.29 is 8.98 Å². The van der Waals surface area contributed by atoms with Gasteiger partial charge in [0.15, 0.2) is 0 Å². The third-order valence-corrected chi connectivity index (χ3v) is 8.03. The van der Waals surface area contributed by atoms with E-state index in [-0.39, 0.29) is 10.3 Å². The fraction of sp³-hybridized carbons (Fsp3) is 0.588. The Balaban J connectivity index is 2.06. The largest absolute Gasteiger partial charge is 0.330 e. The zero-order valence-electron chi connectivity index (χ0n) is 13.2. The lowest BCUT2D eigenvalue weighted by molar-refractivity contribution is 0.112. The minimum Gasteiger partial charge on any atom is -0.330 e. The Morgan fingerprint density at radius 2 is 1.75 bits per heavy atom. The molecule has 1 aromatic carbocycles. The molecular formula is C17H26O2S. The minimum absolute atomic E-state index is 0.0365. The average Bonchev–Trinajstić information content (AvgIpc) is 3.07. The molecule has 0 aliphatic heterocycles. The Hall–Kier alpha value is -0.800. The van der Waals surface area contributed by atoms with Gasteiger partial charge in [-0.15, -0.1) is 10.3 Å². The molecule has 1 aromatic rings. The van der Waals surface area contributed by atoms with Gasteiger partial charge in [0.2, 0.25) is 0 Å². The van der Waals surface area contributed by atoms with Gasteiger partial charge in [0.25, 0.3) is 0 Å². The summed E-state index contributed by atoms with van der Waals surface area (Å²) in [5.74, 6) is 0. The molecule has 2 nitrogen and oxygen atoms in total. The average molecular weight is 294 g/mol. The Morgan fingerprint density at radius 1 is 1.20 bits per heavy atom. The second-order valence-electron chi connectivity index (χ2n) is 7.15. The predicted molar refractivity (Wildman–Crippen MR) is 87.8 cm³/mol. The molecule has 0 spiro atoms. The van der Waals surface area contributed by atoms with Crippen LogP contribution in [0.15, 0.2) is 24.3 Å². The lowest BCUT2D eigenvalue weighted by Crippen LogP contribution is -2.30. The molecule has 0 unspecified atom stereocenters. The summed E-state index contributed by atoms with van der Waals surface area (Å²) in [5, 5.41) is 0. The van der Waals surface area contributed by atoms with E-state index in [1.54, 1.807) is 0 Å². The summed E-state index contributed by atoms with van der Waals surface area (Å²) in [7, 11) is -1.08. The molecule has 0 bridgehead atoms. The van der Waals surface area contributed by atoms with E-state index < -0.39 is 10.3 Å². The lowest BCUT2D eigenvalue weighted by Gasteiger charge is -2.46. The number of aldehydes is 1. The molecule has 0 amide bonds. The summed E-state index contributed by atoms with van der Waals surface area (Å²) in [4.78, 5) is 10.7. The number of hydrogen-bond acceptors (Lipinski definition) is 2. The van der Waals surface area contributed by atoms with Crippen LogP contribution in [0.25, 0.3) is 0 Å².